The van der Waals surface area contributed by atoms with Crippen molar-refractivity contribution in [2.24, 2.45) is 17.3 Å². The molecule has 0 radical (unpaired) electrons. The van der Waals surface area contributed by atoms with E-state index < -0.39 is 0 Å². The molecule has 1 spiro atoms. The van der Waals surface area contributed by atoms with Crippen molar-refractivity contribution in [1.82, 2.24) is 9.80 Å². The number of ether oxygens (including phenoxy) is 3. The highest BCUT2D eigenvalue weighted by molar-refractivity contribution is 5.77. The van der Waals surface area contributed by atoms with Crippen LogP contribution in [0.5, 0.6) is 0 Å². The average molecular weight is 354 g/mol. The highest BCUT2D eigenvalue weighted by atomic mass is 16.5. The number of hydrogen-bond acceptors (Lipinski definition) is 5. The summed E-state index contributed by atoms with van der Waals surface area (Å²) >= 11 is 0. The number of carbonyl (C=O) groups is 1. The van der Waals surface area contributed by atoms with Crippen molar-refractivity contribution in [3.05, 3.63) is 0 Å². The smallest absolute Gasteiger partial charge is 0.248 e. The predicted molar refractivity (Wildman–Crippen MR) is 95.5 cm³/mol. The Morgan fingerprint density at radius 3 is 2.52 bits per heavy atom. The Balaban J connectivity index is 1.58. The first-order chi connectivity index (χ1) is 12.2. The van der Waals surface area contributed by atoms with E-state index in [-0.39, 0.29) is 12.5 Å². The summed E-state index contributed by atoms with van der Waals surface area (Å²) in [6, 6.07) is 0. The van der Waals surface area contributed by atoms with Gasteiger partial charge in [-0.15, -0.1) is 0 Å². The Morgan fingerprint density at radius 2 is 1.88 bits per heavy atom. The van der Waals surface area contributed by atoms with E-state index in [2.05, 4.69) is 4.90 Å². The molecule has 0 aromatic rings. The number of amides is 1. The summed E-state index contributed by atoms with van der Waals surface area (Å²) in [7, 11) is 3.40. The van der Waals surface area contributed by atoms with Gasteiger partial charge in [0.05, 0.1) is 6.61 Å². The van der Waals surface area contributed by atoms with Gasteiger partial charge in [-0.25, -0.2) is 0 Å². The molecule has 0 aromatic heterocycles. The van der Waals surface area contributed by atoms with Crippen molar-refractivity contribution in [2.75, 3.05) is 73.4 Å². The Bertz CT molecular complexity index is 431. The van der Waals surface area contributed by atoms with Gasteiger partial charge >= 0.3 is 0 Å². The van der Waals surface area contributed by atoms with Crippen LogP contribution < -0.4 is 0 Å². The Kier molecular flexibility index (Phi) is 6.72. The lowest BCUT2D eigenvalue weighted by molar-refractivity contribution is -0.138. The number of carbonyl (C=O) groups excluding carboxylic acids is 1. The van der Waals surface area contributed by atoms with Crippen LogP contribution in [0.4, 0.5) is 0 Å². The molecule has 0 N–H and O–H groups in total. The lowest BCUT2D eigenvalue weighted by atomic mass is 9.71. The van der Waals surface area contributed by atoms with Gasteiger partial charge in [0.15, 0.2) is 0 Å². The number of hydrogen-bond donors (Lipinski definition) is 0. The molecule has 0 saturated carbocycles. The number of likely N-dealkylation sites (tertiary alicyclic amines) is 2. The van der Waals surface area contributed by atoms with Gasteiger partial charge in [-0.1, -0.05) is 0 Å². The molecular weight excluding hydrogens is 320 g/mol. The van der Waals surface area contributed by atoms with Crippen LogP contribution in [0.3, 0.4) is 0 Å². The van der Waals surface area contributed by atoms with Crippen molar-refractivity contribution < 1.29 is 19.0 Å². The van der Waals surface area contributed by atoms with Gasteiger partial charge in [0.2, 0.25) is 5.91 Å². The molecule has 0 bridgehead atoms. The zero-order chi connectivity index (χ0) is 17.7. The predicted octanol–water partition coefficient (Wildman–Crippen LogP) is 1.25. The fourth-order valence-electron chi connectivity index (χ4n) is 4.99. The van der Waals surface area contributed by atoms with Gasteiger partial charge in [0.25, 0.3) is 0 Å². The normalized spacial score (nSPS) is 27.9. The monoisotopic (exact) mass is 354 g/mol. The van der Waals surface area contributed by atoms with E-state index in [0.29, 0.717) is 11.3 Å². The number of methoxy groups -OCH3 is 2. The van der Waals surface area contributed by atoms with Crippen LogP contribution in [-0.4, -0.2) is 89.1 Å². The van der Waals surface area contributed by atoms with Crippen LogP contribution in [0.2, 0.25) is 0 Å². The summed E-state index contributed by atoms with van der Waals surface area (Å²) in [5.74, 6) is 1.48. The van der Waals surface area contributed by atoms with Crippen molar-refractivity contribution in [2.45, 2.75) is 25.7 Å². The van der Waals surface area contributed by atoms with Gasteiger partial charge in [-0.3, -0.25) is 4.79 Å². The first-order valence-corrected chi connectivity index (χ1v) is 9.72. The summed E-state index contributed by atoms with van der Waals surface area (Å²) in [4.78, 5) is 16.7. The summed E-state index contributed by atoms with van der Waals surface area (Å²) < 4.78 is 16.1. The lowest BCUT2D eigenvalue weighted by Gasteiger charge is -2.42. The van der Waals surface area contributed by atoms with Crippen molar-refractivity contribution in [3.63, 3.8) is 0 Å². The molecule has 6 nitrogen and oxygen atoms in total. The molecule has 3 rings (SSSR count). The summed E-state index contributed by atoms with van der Waals surface area (Å²) in [6.07, 6.45) is 4.55. The summed E-state index contributed by atoms with van der Waals surface area (Å²) in [5, 5.41) is 0. The Hall–Kier alpha value is -0.690. The van der Waals surface area contributed by atoms with E-state index in [1.165, 1.54) is 19.4 Å². The highest BCUT2D eigenvalue weighted by Crippen LogP contribution is 2.45. The third-order valence-corrected chi connectivity index (χ3v) is 6.49. The topological polar surface area (TPSA) is 51.2 Å². The fraction of sp³-hybridized carbons (Fsp3) is 0.947. The van der Waals surface area contributed by atoms with Crippen LogP contribution in [0.15, 0.2) is 0 Å². The van der Waals surface area contributed by atoms with Crippen molar-refractivity contribution in [1.29, 1.82) is 0 Å². The van der Waals surface area contributed by atoms with Gasteiger partial charge < -0.3 is 24.0 Å². The number of rotatable bonds is 6. The van der Waals surface area contributed by atoms with E-state index in [4.69, 9.17) is 14.2 Å². The Labute approximate surface area is 151 Å². The summed E-state index contributed by atoms with van der Waals surface area (Å²) in [6.45, 7) is 8.06. The van der Waals surface area contributed by atoms with Crippen molar-refractivity contribution in [3.8, 4) is 0 Å². The van der Waals surface area contributed by atoms with Crippen LogP contribution >= 0.6 is 0 Å². The average Bonchev–Trinajstić information content (AvgIpc) is 2.93. The maximum Gasteiger partial charge on any atom is 0.248 e. The first-order valence-electron chi connectivity index (χ1n) is 9.72. The zero-order valence-electron chi connectivity index (χ0n) is 15.9. The maximum atomic E-state index is 12.1. The quantitative estimate of drug-likeness (QED) is 0.718. The molecule has 25 heavy (non-hydrogen) atoms. The molecule has 0 aliphatic carbocycles. The van der Waals surface area contributed by atoms with E-state index in [1.807, 2.05) is 12.0 Å². The second-order valence-electron chi connectivity index (χ2n) is 8.08. The standard InChI is InChI=1S/C19H34N2O4/c1-23-13-17-12-20(11-16-3-9-25-10-4-16)15-19(17)5-7-21(8-6-19)18(22)14-24-2/h16-17H,3-15H2,1-2H3. The molecule has 3 aliphatic heterocycles. The lowest BCUT2D eigenvalue weighted by Crippen LogP contribution is -2.48. The third kappa shape index (κ3) is 4.54. The number of nitrogens with zero attached hydrogens (tertiary/aromatic N) is 2. The fourth-order valence-corrected chi connectivity index (χ4v) is 4.99. The molecular formula is C19H34N2O4. The third-order valence-electron chi connectivity index (χ3n) is 6.49. The van der Waals surface area contributed by atoms with Crippen LogP contribution in [0, 0.1) is 17.3 Å². The first kappa shape index (κ1) is 19.1. The molecule has 3 aliphatic rings. The molecule has 3 heterocycles. The second kappa shape index (κ2) is 8.80. The summed E-state index contributed by atoms with van der Waals surface area (Å²) in [5.41, 5.74) is 0.311. The van der Waals surface area contributed by atoms with Crippen molar-refractivity contribution >= 4 is 5.91 Å². The molecule has 1 atom stereocenters. The largest absolute Gasteiger partial charge is 0.384 e. The minimum Gasteiger partial charge on any atom is -0.384 e. The molecule has 3 fully saturated rings. The Morgan fingerprint density at radius 1 is 1.16 bits per heavy atom. The zero-order valence-corrected chi connectivity index (χ0v) is 15.9. The molecule has 0 aromatic carbocycles. The van der Waals surface area contributed by atoms with E-state index in [9.17, 15) is 4.79 Å². The molecule has 6 heteroatoms. The van der Waals surface area contributed by atoms with E-state index in [0.717, 1.165) is 64.8 Å². The molecule has 1 unspecified atom stereocenters. The van der Waals surface area contributed by atoms with E-state index in [1.54, 1.807) is 7.11 Å². The molecule has 144 valence electrons. The maximum absolute atomic E-state index is 12.1. The van der Waals surface area contributed by atoms with Gasteiger partial charge in [-0.2, -0.15) is 0 Å². The van der Waals surface area contributed by atoms with E-state index >= 15 is 0 Å². The minimum absolute atomic E-state index is 0.123. The SMILES string of the molecule is COCC(=O)N1CCC2(CC1)CN(CC1CCOCC1)CC2COC. The van der Waals surface area contributed by atoms with Gasteiger partial charge in [0.1, 0.15) is 6.61 Å². The molecule has 3 saturated heterocycles. The van der Waals surface area contributed by atoms with Crippen LogP contribution in [-0.2, 0) is 19.0 Å². The van der Waals surface area contributed by atoms with Crippen LogP contribution in [0.25, 0.3) is 0 Å². The second-order valence-corrected chi connectivity index (χ2v) is 8.08. The minimum atomic E-state index is 0.123. The molecule has 1 amide bonds. The number of piperidine rings is 1. The highest BCUT2D eigenvalue weighted by Gasteiger charge is 2.48. The van der Waals surface area contributed by atoms with Crippen LogP contribution in [0.1, 0.15) is 25.7 Å². The van der Waals surface area contributed by atoms with Gasteiger partial charge in [0, 0.05) is 66.1 Å². The van der Waals surface area contributed by atoms with Gasteiger partial charge in [-0.05, 0) is 37.0 Å².